The van der Waals surface area contributed by atoms with Gasteiger partial charge in [-0.2, -0.15) is 0 Å². The second-order valence-electron chi connectivity index (χ2n) is 25.8. The monoisotopic (exact) mass is 1230 g/mol. The fraction of sp³-hybridized carbons (Fsp3) is 0.789. The number of rotatable bonds is 15. The predicted molar refractivity (Wildman–Crippen MR) is 285 cm³/mol. The van der Waals surface area contributed by atoms with Crippen LogP contribution in [-0.4, -0.2) is 193 Å². The number of allylic oxidation sites excluding steroid dienone is 2. The molecule has 11 N–H and O–H groups in total. The van der Waals surface area contributed by atoms with Gasteiger partial charge in [-0.3, -0.25) is 9.59 Å². The molecular weight excluding hydrogens is 1150 g/mol. The third-order valence-electron chi connectivity index (χ3n) is 21.0. The van der Waals surface area contributed by atoms with Gasteiger partial charge in [-0.05, 0) is 150 Å². The number of ketones is 1. The third kappa shape index (κ3) is 10.4. The van der Waals surface area contributed by atoms with Crippen LogP contribution < -0.4 is 5.32 Å². The van der Waals surface area contributed by atoms with Gasteiger partial charge >= 0.3 is 5.97 Å². The van der Waals surface area contributed by atoms with Crippen molar-refractivity contribution in [3.05, 3.63) is 45.0 Å². The van der Waals surface area contributed by atoms with E-state index in [-0.39, 0.29) is 47.7 Å². The van der Waals surface area contributed by atoms with Gasteiger partial charge in [0.25, 0.3) is 5.91 Å². The molecule has 3 saturated heterocycles. The van der Waals surface area contributed by atoms with Gasteiger partial charge in [-0.15, -0.1) is 0 Å². The van der Waals surface area contributed by atoms with Gasteiger partial charge < -0.3 is 89.6 Å². The van der Waals surface area contributed by atoms with Crippen molar-refractivity contribution < 1.29 is 98.7 Å². The Balaban J connectivity index is 0.991. The number of aldehydes is 1. The molecular formula is C57H82INO20. The zero-order valence-electron chi connectivity index (χ0n) is 45.8. The van der Waals surface area contributed by atoms with Crippen LogP contribution in [0.25, 0.3) is 0 Å². The summed E-state index contributed by atoms with van der Waals surface area (Å²) in [5.41, 5.74) is -2.13. The summed E-state index contributed by atoms with van der Waals surface area (Å²) in [4.78, 5) is 54.7. The van der Waals surface area contributed by atoms with Gasteiger partial charge in [0.15, 0.2) is 25.0 Å². The molecule has 24 atom stereocenters. The maximum Gasteiger partial charge on any atom is 0.335 e. The van der Waals surface area contributed by atoms with E-state index in [1.165, 1.54) is 5.57 Å². The molecule has 8 aliphatic rings. The summed E-state index contributed by atoms with van der Waals surface area (Å²) in [5.74, 6) is -2.44. The van der Waals surface area contributed by atoms with Crippen molar-refractivity contribution in [2.24, 2.45) is 50.2 Å². The molecule has 21 nitrogen and oxygen atoms in total. The van der Waals surface area contributed by atoms with Crippen LogP contribution >= 0.6 is 22.6 Å². The molecule has 1 aromatic rings. The number of amides is 1. The number of aliphatic hydroxyl groups is 9. The number of aliphatic carboxylic acids is 1. The highest BCUT2D eigenvalue weighted by Gasteiger charge is 2.72. The molecule has 1 amide bonds. The lowest BCUT2D eigenvalue weighted by molar-refractivity contribution is -0.391. The van der Waals surface area contributed by atoms with Crippen molar-refractivity contribution in [2.45, 2.75) is 210 Å². The SMILES string of the molecule is CC1(C)CC[C@]2(C(=O)CCCNC(=O)c3ccc(I)cc3)C(O)C[C@]3(C)C(=CCC4C5(C)CC[C@H](O[C@@H]6OC(C(=O)O)[C@@H](O)[C@H](O[C@@H]7OC[C@@H](O)[C@H](O)C7O)C6O[C@@H]6OC(CO)[C@H](O)[C@H](O)C6O)[C@](C)(C=O)[C@@H]5CC[C@@]43C)C2C1. The molecule has 7 fully saturated rings. The van der Waals surface area contributed by atoms with Crippen LogP contribution in [0.2, 0.25) is 0 Å². The Morgan fingerprint density at radius 3 is 2.11 bits per heavy atom. The molecule has 9 unspecified atom stereocenters. The molecule has 3 heterocycles. The molecule has 0 radical (unpaired) electrons. The molecule has 442 valence electrons. The average Bonchev–Trinajstić information content (AvgIpc) is 3.41. The fourth-order valence-corrected chi connectivity index (χ4v) is 16.7. The lowest BCUT2D eigenvalue weighted by Crippen LogP contribution is -2.69. The molecule has 3 aliphatic heterocycles. The van der Waals surface area contributed by atoms with Crippen LogP contribution in [0.15, 0.2) is 35.9 Å². The Morgan fingerprint density at radius 1 is 0.759 bits per heavy atom. The molecule has 1 aromatic carbocycles. The first kappa shape index (κ1) is 60.9. The van der Waals surface area contributed by atoms with Crippen LogP contribution in [0.3, 0.4) is 0 Å². The second kappa shape index (κ2) is 22.7. The zero-order valence-corrected chi connectivity index (χ0v) is 47.9. The largest absolute Gasteiger partial charge is 0.479 e. The summed E-state index contributed by atoms with van der Waals surface area (Å²) in [7, 11) is 0. The molecule has 0 spiro atoms. The van der Waals surface area contributed by atoms with E-state index in [1.54, 1.807) is 19.1 Å². The van der Waals surface area contributed by atoms with Gasteiger partial charge in [-0.25, -0.2) is 4.79 Å². The summed E-state index contributed by atoms with van der Waals surface area (Å²) >= 11 is 2.18. The molecule has 5 aliphatic carbocycles. The smallest absolute Gasteiger partial charge is 0.335 e. The first-order chi connectivity index (χ1) is 37.1. The Hall–Kier alpha value is -2.63. The number of hydrogen-bond acceptors (Lipinski definition) is 19. The second-order valence-corrected chi connectivity index (χ2v) is 27.1. The highest BCUT2D eigenvalue weighted by Crippen LogP contribution is 2.76. The first-order valence-corrected chi connectivity index (χ1v) is 29.1. The van der Waals surface area contributed by atoms with Crippen LogP contribution in [0.5, 0.6) is 0 Å². The maximum atomic E-state index is 14.9. The molecule has 4 saturated carbocycles. The lowest BCUT2D eigenvalue weighted by Gasteiger charge is -2.71. The number of carbonyl (C=O) groups is 4. The number of halogens is 1. The lowest BCUT2D eigenvalue weighted by atomic mass is 9.33. The predicted octanol–water partition coefficient (Wildman–Crippen LogP) is 1.89. The number of fused-ring (bicyclic) bond motifs is 7. The molecule has 0 bridgehead atoms. The number of aliphatic hydroxyl groups excluding tert-OH is 9. The number of benzene rings is 1. The summed E-state index contributed by atoms with van der Waals surface area (Å²) in [5, 5.41) is 112. The first-order valence-electron chi connectivity index (χ1n) is 28.0. The van der Waals surface area contributed by atoms with Gasteiger partial charge in [0.05, 0.1) is 36.3 Å². The summed E-state index contributed by atoms with van der Waals surface area (Å²) < 4.78 is 37.2. The number of Topliss-reactive ketones (excluding diaryl/α,β-unsaturated/α-hetero) is 1. The summed E-state index contributed by atoms with van der Waals surface area (Å²) in [6, 6.07) is 7.27. The van der Waals surface area contributed by atoms with Crippen molar-refractivity contribution in [1.29, 1.82) is 0 Å². The van der Waals surface area contributed by atoms with Crippen molar-refractivity contribution >= 4 is 46.5 Å². The minimum Gasteiger partial charge on any atom is -0.479 e. The number of carbonyl (C=O) groups excluding carboxylic acids is 3. The highest BCUT2D eigenvalue weighted by atomic mass is 127. The Labute approximate surface area is 473 Å². The number of carboxylic acid groups (broad SMARTS) is 1. The molecule has 22 heteroatoms. The van der Waals surface area contributed by atoms with E-state index < -0.39 is 144 Å². The van der Waals surface area contributed by atoms with Crippen molar-refractivity contribution in [3.8, 4) is 0 Å². The van der Waals surface area contributed by atoms with Gasteiger partial charge in [0.1, 0.15) is 73.1 Å². The number of hydrogen-bond donors (Lipinski definition) is 11. The van der Waals surface area contributed by atoms with E-state index in [0.29, 0.717) is 57.1 Å². The van der Waals surface area contributed by atoms with Crippen LogP contribution in [0.1, 0.15) is 123 Å². The van der Waals surface area contributed by atoms with E-state index in [9.17, 15) is 70.2 Å². The van der Waals surface area contributed by atoms with Crippen LogP contribution in [0, 0.1) is 53.8 Å². The number of nitrogens with one attached hydrogen (secondary N) is 1. The minimum atomic E-state index is -2.15. The van der Waals surface area contributed by atoms with Crippen molar-refractivity contribution in [2.75, 3.05) is 19.8 Å². The topological polar surface area (TPSA) is 338 Å². The molecule has 0 aromatic heterocycles. The maximum absolute atomic E-state index is 14.9. The van der Waals surface area contributed by atoms with E-state index >= 15 is 0 Å². The number of ether oxygens (including phenoxy) is 6. The summed E-state index contributed by atoms with van der Waals surface area (Å²) in [6.45, 7) is 11.9. The normalized spacial score (nSPS) is 47.5. The standard InChI is InChI=1S/C57H82INO20/c1-52(2)19-20-57(35(63)8-7-21-59-47(71)27-9-11-28(58)12-10-27)30(22-52)29-13-14-34-53(3)17-16-37(54(4,26-61)33(53)15-18-55(34,5)56(29,6)23-36(57)64)76-51-46(79-50-42(69)40(67)39(66)32(24-60)75-50)44(43(70)45(78-51)48(72)73)77-49-41(68)38(65)31(62)25-74-49/h9-13,26,30-34,36-46,49-51,60,62,64-70H,7-8,14-25H2,1-6H3,(H,59,71)(H,72,73)/t30?,31-,32?,33-,34?,36?,37+,38+,39+,40+,41?,42?,43+,44+,45?,46?,49+,50+,51-,53?,54-,55+,56-,57+/m1/s1. The van der Waals surface area contributed by atoms with Crippen LogP contribution in [-0.2, 0) is 42.8 Å². The molecule has 79 heavy (non-hydrogen) atoms. The Bertz CT molecular complexity index is 2450. The van der Waals surface area contributed by atoms with E-state index in [0.717, 1.165) is 22.7 Å². The minimum absolute atomic E-state index is 0.0234. The van der Waals surface area contributed by atoms with Gasteiger partial charge in [-0.1, -0.05) is 53.2 Å². The van der Waals surface area contributed by atoms with E-state index in [1.807, 2.05) is 12.1 Å². The van der Waals surface area contributed by atoms with Gasteiger partial charge in [0, 0.05) is 22.1 Å². The highest BCUT2D eigenvalue weighted by molar-refractivity contribution is 14.1. The van der Waals surface area contributed by atoms with Gasteiger partial charge in [0.2, 0.25) is 0 Å². The van der Waals surface area contributed by atoms with E-state index in [2.05, 4.69) is 68.6 Å². The summed E-state index contributed by atoms with van der Waals surface area (Å²) in [6.07, 6.45) is -19.3. The average molecular weight is 1230 g/mol. The van der Waals surface area contributed by atoms with Crippen molar-refractivity contribution in [1.82, 2.24) is 5.32 Å². The quantitative estimate of drug-likeness (QED) is 0.0393. The van der Waals surface area contributed by atoms with Crippen molar-refractivity contribution in [3.63, 3.8) is 0 Å². The number of carboxylic acids is 1. The Morgan fingerprint density at radius 2 is 1.44 bits per heavy atom. The van der Waals surface area contributed by atoms with E-state index in [4.69, 9.17) is 28.4 Å². The fourth-order valence-electron chi connectivity index (χ4n) is 16.3. The van der Waals surface area contributed by atoms with Crippen LogP contribution in [0.4, 0.5) is 0 Å². The third-order valence-corrected chi connectivity index (χ3v) is 21.8. The Kier molecular flexibility index (Phi) is 17.5. The zero-order chi connectivity index (χ0) is 57.5. The molecule has 9 rings (SSSR count).